The van der Waals surface area contributed by atoms with Gasteiger partial charge in [-0.3, -0.25) is 4.68 Å². The van der Waals surface area contributed by atoms with Crippen LogP contribution in [-0.4, -0.2) is 20.5 Å². The molecule has 0 saturated heterocycles. The van der Waals surface area contributed by atoms with Gasteiger partial charge in [-0.25, -0.2) is 4.98 Å². The summed E-state index contributed by atoms with van der Waals surface area (Å²) >= 11 is 7.99. The highest BCUT2D eigenvalue weighted by Gasteiger charge is 2.20. The van der Waals surface area contributed by atoms with Crippen molar-refractivity contribution in [2.24, 2.45) is 7.05 Å². The van der Waals surface area contributed by atoms with Gasteiger partial charge in [0.2, 0.25) is 0 Å². The van der Waals surface area contributed by atoms with Crippen molar-refractivity contribution in [3.8, 4) is 0 Å². The zero-order valence-corrected chi connectivity index (χ0v) is 12.2. The molecule has 1 atom stereocenters. The molecule has 0 saturated carbocycles. The summed E-state index contributed by atoms with van der Waals surface area (Å²) in [5.41, 5.74) is 1.29. The first-order valence-electron chi connectivity index (χ1n) is 6.22. The highest BCUT2D eigenvalue weighted by molar-refractivity contribution is 7.99. The number of aryl methyl sites for hydroxylation is 1. The number of fused-ring (bicyclic) bond motifs is 1. The number of hydrogen-bond donors (Lipinski definition) is 1. The highest BCUT2D eigenvalue weighted by Crippen LogP contribution is 2.37. The first-order valence-corrected chi connectivity index (χ1v) is 7.59. The minimum atomic E-state index is 0.332. The van der Waals surface area contributed by atoms with Gasteiger partial charge in [0.25, 0.3) is 0 Å². The van der Waals surface area contributed by atoms with Crippen LogP contribution in [0, 0.1) is 0 Å². The molecule has 0 spiro atoms. The standard InChI is InChI=1S/C13H15ClN4S/c1-18-8-16-13(17-18)7-15-11-4-5-19-12-3-2-9(14)6-10(11)12/h2-3,6,8,11,15H,4-5,7H2,1H3. The molecule has 2 aromatic rings. The Morgan fingerprint density at radius 3 is 3.21 bits per heavy atom. The molecule has 1 aliphatic rings. The number of hydrogen-bond acceptors (Lipinski definition) is 4. The molecular formula is C13H15ClN4S. The SMILES string of the molecule is Cn1cnc(CNC2CCSc3ccc(Cl)cc32)n1. The zero-order valence-electron chi connectivity index (χ0n) is 10.6. The Morgan fingerprint density at radius 2 is 2.42 bits per heavy atom. The first-order chi connectivity index (χ1) is 9.22. The van der Waals surface area contributed by atoms with Crippen molar-refractivity contribution in [3.63, 3.8) is 0 Å². The fourth-order valence-corrected chi connectivity index (χ4v) is 3.54. The van der Waals surface area contributed by atoms with Crippen LogP contribution in [0.25, 0.3) is 0 Å². The predicted octanol–water partition coefficient (Wildman–Crippen LogP) is 2.80. The van der Waals surface area contributed by atoms with Crippen LogP contribution in [0.5, 0.6) is 0 Å². The maximum absolute atomic E-state index is 6.10. The Balaban J connectivity index is 1.74. The van der Waals surface area contributed by atoms with Crippen molar-refractivity contribution >= 4 is 23.4 Å². The van der Waals surface area contributed by atoms with Gasteiger partial charge in [-0.1, -0.05) is 11.6 Å². The summed E-state index contributed by atoms with van der Waals surface area (Å²) in [6, 6.07) is 6.46. The van der Waals surface area contributed by atoms with Gasteiger partial charge in [-0.2, -0.15) is 5.10 Å². The second-order valence-corrected chi connectivity index (χ2v) is 6.16. The zero-order chi connectivity index (χ0) is 13.2. The molecule has 0 aliphatic carbocycles. The molecule has 1 aromatic heterocycles. The third-order valence-corrected chi connectivity index (χ3v) is 4.52. The molecule has 3 rings (SSSR count). The molecule has 0 amide bonds. The molecule has 6 heteroatoms. The van der Waals surface area contributed by atoms with Crippen molar-refractivity contribution in [3.05, 3.63) is 40.9 Å². The topological polar surface area (TPSA) is 42.7 Å². The molecule has 0 fully saturated rings. The van der Waals surface area contributed by atoms with Crippen LogP contribution in [0.1, 0.15) is 23.9 Å². The summed E-state index contributed by atoms with van der Waals surface area (Å²) < 4.78 is 1.72. The van der Waals surface area contributed by atoms with E-state index in [1.807, 2.05) is 24.9 Å². The van der Waals surface area contributed by atoms with Gasteiger partial charge in [0.05, 0.1) is 6.54 Å². The Labute approximate surface area is 121 Å². The number of halogens is 1. The average Bonchev–Trinajstić information content (AvgIpc) is 2.82. The van der Waals surface area contributed by atoms with Crippen LogP contribution in [-0.2, 0) is 13.6 Å². The second-order valence-electron chi connectivity index (χ2n) is 4.59. The van der Waals surface area contributed by atoms with Crippen molar-refractivity contribution in [1.29, 1.82) is 0 Å². The van der Waals surface area contributed by atoms with Gasteiger partial charge in [-0.15, -0.1) is 11.8 Å². The van der Waals surface area contributed by atoms with Crippen LogP contribution in [0.3, 0.4) is 0 Å². The number of rotatable bonds is 3. The molecule has 1 aliphatic heterocycles. The molecule has 19 heavy (non-hydrogen) atoms. The van der Waals surface area contributed by atoms with Crippen LogP contribution in [0.4, 0.5) is 0 Å². The third kappa shape index (κ3) is 2.94. The van der Waals surface area contributed by atoms with E-state index in [1.165, 1.54) is 10.5 Å². The first kappa shape index (κ1) is 13.0. The Kier molecular flexibility index (Phi) is 3.77. The molecule has 1 unspecified atom stereocenters. The summed E-state index contributed by atoms with van der Waals surface area (Å²) in [6.45, 7) is 0.683. The fraction of sp³-hybridized carbons (Fsp3) is 0.385. The molecule has 0 bridgehead atoms. The average molecular weight is 295 g/mol. The lowest BCUT2D eigenvalue weighted by Gasteiger charge is -2.25. The quantitative estimate of drug-likeness (QED) is 0.945. The predicted molar refractivity (Wildman–Crippen MR) is 77.4 cm³/mol. The minimum Gasteiger partial charge on any atom is -0.303 e. The summed E-state index contributed by atoms with van der Waals surface area (Å²) in [4.78, 5) is 5.55. The van der Waals surface area contributed by atoms with E-state index in [4.69, 9.17) is 11.6 Å². The lowest BCUT2D eigenvalue weighted by Crippen LogP contribution is -2.24. The minimum absolute atomic E-state index is 0.332. The molecule has 2 heterocycles. The Morgan fingerprint density at radius 1 is 1.53 bits per heavy atom. The van der Waals surface area contributed by atoms with Crippen molar-refractivity contribution in [1.82, 2.24) is 20.1 Å². The van der Waals surface area contributed by atoms with Crippen LogP contribution < -0.4 is 5.32 Å². The van der Waals surface area contributed by atoms with E-state index < -0.39 is 0 Å². The van der Waals surface area contributed by atoms with E-state index in [9.17, 15) is 0 Å². The van der Waals surface area contributed by atoms with E-state index >= 15 is 0 Å². The lowest BCUT2D eigenvalue weighted by atomic mass is 10.0. The number of nitrogens with zero attached hydrogens (tertiary/aromatic N) is 3. The van der Waals surface area contributed by atoms with Crippen LogP contribution in [0.15, 0.2) is 29.4 Å². The van der Waals surface area contributed by atoms with Crippen molar-refractivity contribution in [2.75, 3.05) is 5.75 Å². The van der Waals surface area contributed by atoms with Gasteiger partial charge in [0.1, 0.15) is 6.33 Å². The smallest absolute Gasteiger partial charge is 0.164 e. The summed E-state index contributed by atoms with van der Waals surface area (Å²) in [5.74, 6) is 1.95. The van der Waals surface area contributed by atoms with Crippen LogP contribution in [0.2, 0.25) is 5.02 Å². The van der Waals surface area contributed by atoms with Crippen molar-refractivity contribution < 1.29 is 0 Å². The third-order valence-electron chi connectivity index (χ3n) is 3.16. The van der Waals surface area contributed by atoms with E-state index in [1.54, 1.807) is 11.0 Å². The normalized spacial score (nSPS) is 18.3. The summed E-state index contributed by atoms with van der Waals surface area (Å²) in [6.07, 6.45) is 2.82. The van der Waals surface area contributed by atoms with E-state index in [0.29, 0.717) is 12.6 Å². The van der Waals surface area contributed by atoms with Crippen molar-refractivity contribution in [2.45, 2.75) is 23.9 Å². The van der Waals surface area contributed by atoms with Crippen LogP contribution >= 0.6 is 23.4 Å². The molecule has 1 N–H and O–H groups in total. The van der Waals surface area contributed by atoms with E-state index in [2.05, 4.69) is 27.5 Å². The summed E-state index contributed by atoms with van der Waals surface area (Å²) in [5, 5.41) is 8.60. The largest absolute Gasteiger partial charge is 0.303 e. The Hall–Kier alpha value is -1.04. The molecule has 1 aromatic carbocycles. The maximum Gasteiger partial charge on any atom is 0.164 e. The maximum atomic E-state index is 6.10. The van der Waals surface area contributed by atoms with Gasteiger partial charge in [0, 0.05) is 23.0 Å². The number of benzene rings is 1. The highest BCUT2D eigenvalue weighted by atomic mass is 35.5. The molecule has 4 nitrogen and oxygen atoms in total. The lowest BCUT2D eigenvalue weighted by molar-refractivity contribution is 0.499. The Bertz CT molecular complexity index is 584. The number of nitrogens with one attached hydrogen (secondary N) is 1. The molecule has 100 valence electrons. The number of aromatic nitrogens is 3. The molecular weight excluding hydrogens is 280 g/mol. The number of thioether (sulfide) groups is 1. The fourth-order valence-electron chi connectivity index (χ4n) is 2.26. The molecule has 0 radical (unpaired) electrons. The van der Waals surface area contributed by atoms with E-state index in [0.717, 1.165) is 23.0 Å². The van der Waals surface area contributed by atoms with Gasteiger partial charge >= 0.3 is 0 Å². The van der Waals surface area contributed by atoms with Gasteiger partial charge in [-0.05, 0) is 35.9 Å². The van der Waals surface area contributed by atoms with Gasteiger partial charge in [0.15, 0.2) is 5.82 Å². The van der Waals surface area contributed by atoms with Gasteiger partial charge < -0.3 is 5.32 Å². The summed E-state index contributed by atoms with van der Waals surface area (Å²) in [7, 11) is 1.88. The van der Waals surface area contributed by atoms with E-state index in [-0.39, 0.29) is 0 Å². The monoisotopic (exact) mass is 294 g/mol. The second kappa shape index (κ2) is 5.53.